The van der Waals surface area contributed by atoms with Crippen LogP contribution in [0, 0.1) is 0 Å². The van der Waals surface area contributed by atoms with Crippen LogP contribution in [0.15, 0.2) is 18.3 Å². The fourth-order valence-electron chi connectivity index (χ4n) is 3.71. The number of benzene rings is 1. The predicted molar refractivity (Wildman–Crippen MR) is 81.7 cm³/mol. The van der Waals surface area contributed by atoms with Crippen LogP contribution < -0.4 is 11.1 Å². The number of hydrogen-bond donors (Lipinski definition) is 3. The van der Waals surface area contributed by atoms with Gasteiger partial charge in [0, 0.05) is 24.0 Å². The van der Waals surface area contributed by atoms with Crippen molar-refractivity contribution in [3.8, 4) is 0 Å². The third-order valence-corrected chi connectivity index (χ3v) is 4.79. The van der Waals surface area contributed by atoms with E-state index in [2.05, 4.69) is 26.5 Å². The van der Waals surface area contributed by atoms with Crippen molar-refractivity contribution in [1.82, 2.24) is 15.1 Å². The first-order valence-electron chi connectivity index (χ1n) is 7.53. The molecule has 5 heteroatoms. The van der Waals surface area contributed by atoms with Crippen LogP contribution in [0.3, 0.4) is 0 Å². The van der Waals surface area contributed by atoms with Gasteiger partial charge in [0.15, 0.2) is 0 Å². The van der Waals surface area contributed by atoms with Gasteiger partial charge in [0.05, 0.1) is 23.1 Å². The van der Waals surface area contributed by atoms with E-state index in [4.69, 9.17) is 5.73 Å². The van der Waals surface area contributed by atoms with Crippen molar-refractivity contribution in [2.45, 2.75) is 37.8 Å². The van der Waals surface area contributed by atoms with Crippen molar-refractivity contribution in [3.63, 3.8) is 0 Å². The Kier molecular flexibility index (Phi) is 2.80. The number of nitrogen functional groups attached to an aromatic ring is 1. The maximum Gasteiger partial charge on any atom is 0.0672 e. The minimum absolute atomic E-state index is 0.539. The van der Waals surface area contributed by atoms with Gasteiger partial charge in [-0.05, 0) is 44.4 Å². The first kappa shape index (κ1) is 12.0. The second-order valence-electron chi connectivity index (χ2n) is 6.09. The van der Waals surface area contributed by atoms with Crippen LogP contribution >= 0.6 is 0 Å². The van der Waals surface area contributed by atoms with E-state index in [9.17, 15) is 0 Å². The number of anilines is 2. The molecule has 2 fully saturated rings. The summed E-state index contributed by atoms with van der Waals surface area (Å²) in [6.07, 6.45) is 6.97. The summed E-state index contributed by atoms with van der Waals surface area (Å²) < 4.78 is 0. The summed E-state index contributed by atoms with van der Waals surface area (Å²) in [6.45, 7) is 2.51. The second kappa shape index (κ2) is 4.66. The van der Waals surface area contributed by atoms with Crippen molar-refractivity contribution in [3.05, 3.63) is 18.3 Å². The fourth-order valence-corrected chi connectivity index (χ4v) is 3.71. The molecule has 20 heavy (non-hydrogen) atoms. The molecular weight excluding hydrogens is 250 g/mol. The molecule has 4 rings (SSSR count). The Balaban J connectivity index is 1.53. The molecular formula is C15H21N5. The van der Waals surface area contributed by atoms with Crippen LogP contribution in [0.1, 0.15) is 25.7 Å². The van der Waals surface area contributed by atoms with Crippen LogP contribution in [-0.2, 0) is 0 Å². The molecule has 2 aliphatic rings. The van der Waals surface area contributed by atoms with E-state index in [0.717, 1.165) is 28.3 Å². The normalized spacial score (nSPS) is 26.8. The first-order valence-corrected chi connectivity index (χ1v) is 7.53. The highest BCUT2D eigenvalue weighted by Crippen LogP contribution is 2.31. The molecule has 0 aliphatic carbocycles. The van der Waals surface area contributed by atoms with Gasteiger partial charge in [-0.3, -0.25) is 5.10 Å². The van der Waals surface area contributed by atoms with Crippen molar-refractivity contribution in [2.75, 3.05) is 24.1 Å². The zero-order chi connectivity index (χ0) is 13.5. The summed E-state index contributed by atoms with van der Waals surface area (Å²) in [6, 6.07) is 5.39. The van der Waals surface area contributed by atoms with Crippen LogP contribution in [0.25, 0.3) is 10.9 Å². The van der Waals surface area contributed by atoms with Gasteiger partial charge >= 0.3 is 0 Å². The van der Waals surface area contributed by atoms with Crippen LogP contribution in [0.4, 0.5) is 11.4 Å². The van der Waals surface area contributed by atoms with Gasteiger partial charge in [-0.2, -0.15) is 5.10 Å². The average molecular weight is 271 g/mol. The number of nitrogens with zero attached hydrogens (tertiary/aromatic N) is 2. The standard InChI is InChI=1S/C15H21N5/c16-13-6-10-9-17-19-14(10)8-15(13)18-11-3-5-20-4-1-2-12(20)7-11/h6,8-9,11-12,18H,1-5,7,16H2,(H,17,19). The molecule has 5 nitrogen and oxygen atoms in total. The van der Waals surface area contributed by atoms with Gasteiger partial charge in [0.1, 0.15) is 0 Å². The summed E-state index contributed by atoms with van der Waals surface area (Å²) >= 11 is 0. The molecule has 2 atom stereocenters. The van der Waals surface area contributed by atoms with Crippen molar-refractivity contribution in [2.24, 2.45) is 0 Å². The summed E-state index contributed by atoms with van der Waals surface area (Å²) in [5.41, 5.74) is 9.05. The zero-order valence-corrected chi connectivity index (χ0v) is 11.6. The number of H-pyrrole nitrogens is 1. The number of hydrogen-bond acceptors (Lipinski definition) is 4. The molecule has 1 aromatic heterocycles. The molecule has 106 valence electrons. The lowest BCUT2D eigenvalue weighted by Crippen LogP contribution is -2.42. The lowest BCUT2D eigenvalue weighted by molar-refractivity contribution is 0.188. The Bertz CT molecular complexity index is 620. The Morgan fingerprint density at radius 1 is 1.30 bits per heavy atom. The molecule has 0 saturated carbocycles. The second-order valence-corrected chi connectivity index (χ2v) is 6.09. The predicted octanol–water partition coefficient (Wildman–Crippen LogP) is 2.18. The Morgan fingerprint density at radius 2 is 2.25 bits per heavy atom. The summed E-state index contributed by atoms with van der Waals surface area (Å²) in [5.74, 6) is 0. The third-order valence-electron chi connectivity index (χ3n) is 4.79. The van der Waals surface area contributed by atoms with Crippen molar-refractivity contribution < 1.29 is 0 Å². The monoisotopic (exact) mass is 271 g/mol. The molecule has 0 radical (unpaired) electrons. The van der Waals surface area contributed by atoms with E-state index in [1.807, 2.05) is 12.3 Å². The lowest BCUT2D eigenvalue weighted by atomic mass is 9.97. The van der Waals surface area contributed by atoms with Gasteiger partial charge in [0.2, 0.25) is 0 Å². The molecule has 2 unspecified atom stereocenters. The number of fused-ring (bicyclic) bond motifs is 2. The molecule has 1 aromatic carbocycles. The van der Waals surface area contributed by atoms with E-state index in [1.54, 1.807) is 0 Å². The van der Waals surface area contributed by atoms with E-state index in [1.165, 1.54) is 38.8 Å². The summed E-state index contributed by atoms with van der Waals surface area (Å²) in [4.78, 5) is 2.64. The largest absolute Gasteiger partial charge is 0.397 e. The van der Waals surface area contributed by atoms with Crippen LogP contribution in [0.5, 0.6) is 0 Å². The molecule has 2 aromatic rings. The van der Waals surface area contributed by atoms with Gasteiger partial charge < -0.3 is 16.0 Å². The molecule has 0 spiro atoms. The van der Waals surface area contributed by atoms with Gasteiger partial charge in [-0.1, -0.05) is 0 Å². The molecule has 3 heterocycles. The average Bonchev–Trinajstić information content (AvgIpc) is 3.06. The number of rotatable bonds is 2. The van der Waals surface area contributed by atoms with Gasteiger partial charge in [-0.15, -0.1) is 0 Å². The highest BCUT2D eigenvalue weighted by Gasteiger charge is 2.31. The number of nitrogens with two attached hydrogens (primary N) is 1. The maximum atomic E-state index is 6.16. The molecule has 2 aliphatic heterocycles. The maximum absolute atomic E-state index is 6.16. The smallest absolute Gasteiger partial charge is 0.0672 e. The molecule has 4 N–H and O–H groups in total. The fraction of sp³-hybridized carbons (Fsp3) is 0.533. The lowest BCUT2D eigenvalue weighted by Gasteiger charge is -2.35. The minimum Gasteiger partial charge on any atom is -0.397 e. The highest BCUT2D eigenvalue weighted by molar-refractivity contribution is 5.88. The molecule has 0 bridgehead atoms. The number of piperidine rings is 1. The SMILES string of the molecule is Nc1cc2cn[nH]c2cc1NC1CCN2CCCC2C1. The Hall–Kier alpha value is -1.75. The van der Waals surface area contributed by atoms with E-state index in [-0.39, 0.29) is 0 Å². The van der Waals surface area contributed by atoms with Gasteiger partial charge in [0.25, 0.3) is 0 Å². The van der Waals surface area contributed by atoms with E-state index in [0.29, 0.717) is 6.04 Å². The van der Waals surface area contributed by atoms with Crippen LogP contribution in [-0.4, -0.2) is 40.3 Å². The summed E-state index contributed by atoms with van der Waals surface area (Å²) in [7, 11) is 0. The Morgan fingerprint density at radius 3 is 3.20 bits per heavy atom. The molecule has 2 saturated heterocycles. The number of nitrogens with one attached hydrogen (secondary N) is 2. The van der Waals surface area contributed by atoms with E-state index < -0.39 is 0 Å². The number of aromatic nitrogens is 2. The first-order chi connectivity index (χ1) is 9.79. The number of aromatic amines is 1. The quantitative estimate of drug-likeness (QED) is 0.732. The Labute approximate surface area is 118 Å². The highest BCUT2D eigenvalue weighted by atomic mass is 15.2. The van der Waals surface area contributed by atoms with Gasteiger partial charge in [-0.25, -0.2) is 0 Å². The summed E-state index contributed by atoms with van der Waals surface area (Å²) in [5, 5.41) is 11.8. The van der Waals surface area contributed by atoms with E-state index >= 15 is 0 Å². The van der Waals surface area contributed by atoms with Crippen LogP contribution in [0.2, 0.25) is 0 Å². The van der Waals surface area contributed by atoms with Crippen molar-refractivity contribution >= 4 is 22.3 Å². The zero-order valence-electron chi connectivity index (χ0n) is 11.6. The third kappa shape index (κ3) is 2.02. The molecule has 0 amide bonds. The topological polar surface area (TPSA) is 70.0 Å². The minimum atomic E-state index is 0.539. The van der Waals surface area contributed by atoms with Crippen molar-refractivity contribution in [1.29, 1.82) is 0 Å².